The molecule has 5 N–H and O–H groups in total. The Hall–Kier alpha value is -5.23. The average molecular weight is 715 g/mol. The quantitative estimate of drug-likeness (QED) is 0.0845. The first-order valence-corrected chi connectivity index (χ1v) is 17.8. The number of aliphatic hydroxyl groups is 1. The Morgan fingerprint density at radius 3 is 2.27 bits per heavy atom. The molecule has 1 aromatic heterocycles. The highest BCUT2D eigenvalue weighted by molar-refractivity contribution is 5.93. The van der Waals surface area contributed by atoms with Gasteiger partial charge in [0.15, 0.2) is 1.41 Å². The van der Waals surface area contributed by atoms with Crippen LogP contribution in [0.5, 0.6) is 0 Å². The molecule has 0 bridgehead atoms. The summed E-state index contributed by atoms with van der Waals surface area (Å²) in [5.74, 6) is -1.53. The lowest BCUT2D eigenvalue weighted by atomic mass is 9.95. The van der Waals surface area contributed by atoms with Crippen LogP contribution in [0.3, 0.4) is 0 Å². The third-order valence-electron chi connectivity index (χ3n) is 8.41. The molecule has 0 aliphatic heterocycles. The maximum Gasteiger partial charge on any atom is 0.408 e. The van der Waals surface area contributed by atoms with Crippen molar-refractivity contribution in [1.82, 2.24) is 25.9 Å². The number of nitrogens with one attached hydrogen (secondary N) is 4. The molecule has 0 unspecified atom stereocenters. The molecule has 0 aliphatic carbocycles. The van der Waals surface area contributed by atoms with Gasteiger partial charge in [-0.3, -0.25) is 14.4 Å². The SMILES string of the molecule is [2H]N(C(=O)OCc1ccccc1)[C@H](Cc1cccc2ccccc12)C(=O)N[C@@H](Cc1cnc[nH]1)C(=O)N[C@@H](CC(C)C)[C@@H](O)CCC(=O)OCC(C)C. The van der Waals surface area contributed by atoms with Gasteiger partial charge in [-0.15, -0.1) is 0 Å². The summed E-state index contributed by atoms with van der Waals surface area (Å²) in [6, 6.07) is 18.9. The fourth-order valence-corrected chi connectivity index (χ4v) is 5.76. The van der Waals surface area contributed by atoms with E-state index >= 15 is 0 Å². The number of hydrogen-bond acceptors (Lipinski definition) is 8. The van der Waals surface area contributed by atoms with E-state index in [2.05, 4.69) is 20.6 Å². The van der Waals surface area contributed by atoms with Gasteiger partial charge < -0.3 is 35.5 Å². The number of amides is 3. The number of carbonyl (C=O) groups excluding carboxylic acids is 4. The topological polar surface area (TPSA) is 172 Å². The number of alkyl carbamates (subject to hydrolysis) is 1. The van der Waals surface area contributed by atoms with Crippen molar-refractivity contribution < 1.29 is 35.2 Å². The van der Waals surface area contributed by atoms with E-state index in [9.17, 15) is 24.3 Å². The van der Waals surface area contributed by atoms with Gasteiger partial charge in [-0.05, 0) is 46.6 Å². The number of H-pyrrole nitrogens is 1. The third kappa shape index (κ3) is 12.8. The summed E-state index contributed by atoms with van der Waals surface area (Å²) in [6.07, 6.45) is 1.28. The minimum absolute atomic E-state index is 0.00103. The van der Waals surface area contributed by atoms with E-state index in [4.69, 9.17) is 10.9 Å². The summed E-state index contributed by atoms with van der Waals surface area (Å²) < 4.78 is 19.5. The number of aliphatic hydroxyl groups excluding tert-OH is 1. The molecule has 4 aromatic rings. The van der Waals surface area contributed by atoms with Crippen molar-refractivity contribution in [3.8, 4) is 0 Å². The lowest BCUT2D eigenvalue weighted by molar-refractivity contribution is -0.145. The van der Waals surface area contributed by atoms with Gasteiger partial charge in [-0.2, -0.15) is 0 Å². The van der Waals surface area contributed by atoms with E-state index in [1.807, 2.05) is 76.2 Å². The largest absolute Gasteiger partial charge is 0.465 e. The predicted octanol–water partition coefficient (Wildman–Crippen LogP) is 5.00. The molecule has 52 heavy (non-hydrogen) atoms. The maximum absolute atomic E-state index is 14.2. The Morgan fingerprint density at radius 1 is 0.846 bits per heavy atom. The van der Waals surface area contributed by atoms with Gasteiger partial charge in [0.25, 0.3) is 0 Å². The van der Waals surface area contributed by atoms with E-state index < -0.39 is 48.1 Å². The molecule has 4 rings (SSSR count). The lowest BCUT2D eigenvalue weighted by Gasteiger charge is -2.29. The zero-order valence-corrected chi connectivity index (χ0v) is 30.3. The molecule has 12 heteroatoms. The minimum atomic E-state index is -1.39. The number of aromatic nitrogens is 2. The van der Waals surface area contributed by atoms with Gasteiger partial charge in [-0.25, -0.2) is 9.78 Å². The molecule has 3 amide bonds. The lowest BCUT2D eigenvalue weighted by Crippen LogP contribution is -2.57. The Labute approximate surface area is 306 Å². The van der Waals surface area contributed by atoms with Crippen molar-refractivity contribution >= 4 is 34.6 Å². The van der Waals surface area contributed by atoms with Crippen molar-refractivity contribution in [2.24, 2.45) is 11.8 Å². The number of benzene rings is 3. The minimum Gasteiger partial charge on any atom is -0.465 e. The summed E-state index contributed by atoms with van der Waals surface area (Å²) in [7, 11) is 0. The Balaban J connectivity index is 1.57. The number of fused-ring (bicyclic) bond motifs is 1. The van der Waals surface area contributed by atoms with Crippen LogP contribution in [0.15, 0.2) is 85.3 Å². The zero-order chi connectivity index (χ0) is 38.3. The second kappa shape index (κ2) is 20.0. The second-order valence-electron chi connectivity index (χ2n) is 13.8. The second-order valence-corrected chi connectivity index (χ2v) is 13.8. The van der Waals surface area contributed by atoms with E-state index in [1.165, 1.54) is 12.5 Å². The number of carbonyl (C=O) groups is 4. The number of nitrogens with zero attached hydrogens (tertiary/aromatic N) is 1. The number of aromatic amines is 1. The van der Waals surface area contributed by atoms with Crippen LogP contribution in [0.4, 0.5) is 4.79 Å². The van der Waals surface area contributed by atoms with Crippen LogP contribution in [-0.4, -0.2) is 69.8 Å². The van der Waals surface area contributed by atoms with E-state index in [0.717, 1.165) is 16.3 Å². The Bertz CT molecular complexity index is 1760. The molecular weight excluding hydrogens is 662 g/mol. The van der Waals surface area contributed by atoms with Crippen molar-refractivity contribution in [2.45, 2.75) is 90.6 Å². The highest BCUT2D eigenvalue weighted by atomic mass is 16.5. The van der Waals surface area contributed by atoms with Gasteiger partial charge in [0.05, 0.1) is 25.1 Å². The fraction of sp³-hybridized carbons (Fsp3) is 0.425. The van der Waals surface area contributed by atoms with Crippen molar-refractivity contribution in [3.63, 3.8) is 0 Å². The van der Waals surface area contributed by atoms with Crippen LogP contribution in [0.2, 0.25) is 1.41 Å². The van der Waals surface area contributed by atoms with E-state index in [1.54, 1.807) is 24.3 Å². The summed E-state index contributed by atoms with van der Waals surface area (Å²) >= 11 is 0. The Morgan fingerprint density at radius 2 is 1.56 bits per heavy atom. The van der Waals surface area contributed by atoms with Crippen molar-refractivity contribution in [3.05, 3.63) is 102 Å². The smallest absolute Gasteiger partial charge is 0.408 e. The molecule has 0 spiro atoms. The fourth-order valence-electron chi connectivity index (χ4n) is 5.76. The zero-order valence-electron chi connectivity index (χ0n) is 31.3. The standard InChI is InChI=1S/C40H51N5O7/c1-26(2)19-33(36(46)17-18-37(47)51-23-27(3)4)43-39(49)35(21-31-22-41-25-42-31)44-38(48)34(45-40(50)52-24-28-11-6-5-7-12-28)20-30-15-10-14-29-13-8-9-16-32(29)30/h5-16,22,25-27,33-36,46H,17-21,23-24H2,1-4H3,(H,41,42)(H,43,49)(H,44,48)(H,45,50)/t33-,34+,35-,36-/m0/s1/i/hD. The van der Waals surface area contributed by atoms with Gasteiger partial charge in [-0.1, -0.05) is 100 Å². The van der Waals surface area contributed by atoms with E-state index in [-0.39, 0.29) is 50.7 Å². The monoisotopic (exact) mass is 714 g/mol. The van der Waals surface area contributed by atoms with Crippen molar-refractivity contribution in [2.75, 3.05) is 6.61 Å². The number of imidazole rings is 1. The molecule has 3 aromatic carbocycles. The molecular formula is C40H51N5O7. The van der Waals surface area contributed by atoms with Crippen LogP contribution < -0.4 is 15.9 Å². The van der Waals surface area contributed by atoms with E-state index in [0.29, 0.717) is 23.0 Å². The van der Waals surface area contributed by atoms with Crippen LogP contribution in [0.25, 0.3) is 10.8 Å². The number of esters is 1. The highest BCUT2D eigenvalue weighted by Gasteiger charge is 2.31. The maximum atomic E-state index is 14.2. The molecule has 0 fully saturated rings. The van der Waals surface area contributed by atoms with Gasteiger partial charge in [0.2, 0.25) is 11.8 Å². The van der Waals surface area contributed by atoms with Crippen LogP contribution in [-0.2, 0) is 43.3 Å². The molecule has 278 valence electrons. The number of rotatable bonds is 19. The summed E-state index contributed by atoms with van der Waals surface area (Å²) in [6.45, 7) is 7.93. The average Bonchev–Trinajstić information content (AvgIpc) is 3.66. The summed E-state index contributed by atoms with van der Waals surface area (Å²) in [5, 5.41) is 19.1. The first-order chi connectivity index (χ1) is 25.4. The number of hydrogen-bond donors (Lipinski definition) is 5. The summed E-state index contributed by atoms with van der Waals surface area (Å²) in [5.41, 5.74) is 1.99. The molecule has 12 nitrogen and oxygen atoms in total. The number of ether oxygens (including phenoxy) is 2. The molecule has 0 radical (unpaired) electrons. The molecule has 0 aliphatic rings. The molecule has 1 heterocycles. The highest BCUT2D eigenvalue weighted by Crippen LogP contribution is 2.20. The molecule has 0 saturated carbocycles. The van der Waals surface area contributed by atoms with Gasteiger partial charge in [0.1, 0.15) is 18.7 Å². The first kappa shape index (κ1) is 38.0. The Kier molecular flexibility index (Phi) is 14.6. The van der Waals surface area contributed by atoms with Crippen LogP contribution in [0.1, 0.15) is 63.8 Å². The van der Waals surface area contributed by atoms with Crippen molar-refractivity contribution in [1.29, 1.82) is 0 Å². The first-order valence-electron chi connectivity index (χ1n) is 18.2. The molecule has 4 atom stereocenters. The predicted molar refractivity (Wildman–Crippen MR) is 198 cm³/mol. The normalized spacial score (nSPS) is 13.9. The van der Waals surface area contributed by atoms with Crippen LogP contribution >= 0.6 is 0 Å². The summed E-state index contributed by atoms with van der Waals surface area (Å²) in [4.78, 5) is 60.8. The van der Waals surface area contributed by atoms with Crippen LogP contribution in [0, 0.1) is 11.8 Å². The molecule has 0 saturated heterocycles. The van der Waals surface area contributed by atoms with Gasteiger partial charge in [0, 0.05) is 31.2 Å². The van der Waals surface area contributed by atoms with Gasteiger partial charge >= 0.3 is 12.1 Å². The third-order valence-corrected chi connectivity index (χ3v) is 8.41.